The topological polar surface area (TPSA) is 54.7 Å². The summed E-state index contributed by atoms with van der Waals surface area (Å²) < 4.78 is 45.2. The molecule has 0 spiro atoms. The molecule has 1 atom stereocenters. The Hall–Kier alpha value is -3.00. The molecule has 0 aliphatic carbocycles. The Morgan fingerprint density at radius 2 is 1.96 bits per heavy atom. The first-order valence-corrected chi connectivity index (χ1v) is 8.15. The molecule has 1 N–H and O–H groups in total. The highest BCUT2D eigenvalue weighted by atomic mass is 19.3. The minimum atomic E-state index is -4.39. The molecule has 4 rings (SSSR count). The van der Waals surface area contributed by atoms with Gasteiger partial charge in [0.05, 0.1) is 6.54 Å². The first kappa shape index (κ1) is 17.4. The van der Waals surface area contributed by atoms with Crippen molar-refractivity contribution in [2.75, 3.05) is 4.90 Å². The summed E-state index contributed by atoms with van der Waals surface area (Å²) in [5, 5.41) is 9.42. The summed E-state index contributed by atoms with van der Waals surface area (Å²) in [4.78, 5) is 14.3. The highest BCUT2D eigenvalue weighted by Crippen LogP contribution is 2.34. The van der Waals surface area contributed by atoms with Crippen LogP contribution in [0, 0.1) is 0 Å². The van der Waals surface area contributed by atoms with E-state index < -0.39 is 18.2 Å². The number of aliphatic hydroxyl groups excluding tert-OH is 1. The Bertz CT molecular complexity index is 1050. The number of nitrogens with zero attached hydrogens (tertiary/aromatic N) is 2. The van der Waals surface area contributed by atoms with Crippen LogP contribution < -0.4 is 9.64 Å². The van der Waals surface area contributed by atoms with E-state index in [4.69, 9.17) is 5.11 Å². The SMILES string of the molecule is Cn1ccc2cc(N3Cc4ccc(OC(F)(F)C(O)F)cc4C3=O)ccc21. The van der Waals surface area contributed by atoms with Gasteiger partial charge in [-0.05, 0) is 42.0 Å². The summed E-state index contributed by atoms with van der Waals surface area (Å²) in [7, 11) is 1.92. The van der Waals surface area contributed by atoms with Crippen LogP contribution in [0.1, 0.15) is 15.9 Å². The zero-order valence-corrected chi connectivity index (χ0v) is 14.2. The van der Waals surface area contributed by atoms with Crippen LogP contribution in [-0.2, 0) is 13.6 Å². The number of aromatic nitrogens is 1. The highest BCUT2D eigenvalue weighted by Gasteiger charge is 2.42. The second-order valence-corrected chi connectivity index (χ2v) is 6.38. The summed E-state index contributed by atoms with van der Waals surface area (Å²) in [6.07, 6.45) is -5.94. The molecule has 0 saturated heterocycles. The van der Waals surface area contributed by atoms with Crippen molar-refractivity contribution in [3.63, 3.8) is 0 Å². The van der Waals surface area contributed by atoms with Crippen molar-refractivity contribution >= 4 is 22.5 Å². The van der Waals surface area contributed by atoms with E-state index in [0.717, 1.165) is 17.0 Å². The molecule has 5 nitrogen and oxygen atoms in total. The molecule has 1 aliphatic heterocycles. The number of benzene rings is 2. The van der Waals surface area contributed by atoms with Crippen molar-refractivity contribution in [1.29, 1.82) is 0 Å². The number of aliphatic hydroxyl groups is 1. The number of hydrogen-bond donors (Lipinski definition) is 1. The van der Waals surface area contributed by atoms with E-state index in [0.29, 0.717) is 11.3 Å². The standard InChI is InChI=1S/C19H15F3N2O3/c1-23-7-6-11-8-13(3-5-16(11)23)24-10-12-2-4-14(9-15(12)17(24)25)27-19(21,22)18(20)26/h2-9,18,26H,10H2,1H3. The maximum atomic E-state index is 13.2. The summed E-state index contributed by atoms with van der Waals surface area (Å²) in [5.41, 5.74) is 2.54. The number of aryl methyl sites for hydroxylation is 1. The van der Waals surface area contributed by atoms with Crippen LogP contribution in [0.25, 0.3) is 10.9 Å². The van der Waals surface area contributed by atoms with E-state index in [9.17, 15) is 18.0 Å². The van der Waals surface area contributed by atoms with Crippen molar-refractivity contribution in [3.05, 3.63) is 59.8 Å². The maximum Gasteiger partial charge on any atom is 0.456 e. The number of hydrogen-bond acceptors (Lipinski definition) is 3. The van der Waals surface area contributed by atoms with E-state index in [1.54, 1.807) is 0 Å². The van der Waals surface area contributed by atoms with Gasteiger partial charge in [0.1, 0.15) is 5.75 Å². The zero-order valence-electron chi connectivity index (χ0n) is 14.2. The predicted molar refractivity (Wildman–Crippen MR) is 92.6 cm³/mol. The number of carbonyl (C=O) groups excluding carboxylic acids is 1. The van der Waals surface area contributed by atoms with E-state index in [1.807, 2.05) is 42.1 Å². The Labute approximate surface area is 152 Å². The lowest BCUT2D eigenvalue weighted by Crippen LogP contribution is -2.36. The van der Waals surface area contributed by atoms with Crippen LogP contribution in [-0.4, -0.2) is 28.0 Å². The van der Waals surface area contributed by atoms with Crippen LogP contribution in [0.4, 0.5) is 18.9 Å². The van der Waals surface area contributed by atoms with Gasteiger partial charge in [0, 0.05) is 35.4 Å². The van der Waals surface area contributed by atoms with Gasteiger partial charge in [0.15, 0.2) is 0 Å². The molecule has 1 aliphatic rings. The third kappa shape index (κ3) is 2.91. The molecule has 140 valence electrons. The maximum absolute atomic E-state index is 13.2. The lowest BCUT2D eigenvalue weighted by Gasteiger charge is -2.18. The number of fused-ring (bicyclic) bond motifs is 2. The Kier molecular flexibility index (Phi) is 3.88. The number of carbonyl (C=O) groups is 1. The van der Waals surface area contributed by atoms with Crippen LogP contribution in [0.2, 0.25) is 0 Å². The molecule has 0 radical (unpaired) electrons. The van der Waals surface area contributed by atoms with Crippen molar-refractivity contribution in [3.8, 4) is 5.75 Å². The van der Waals surface area contributed by atoms with Crippen molar-refractivity contribution in [2.45, 2.75) is 19.0 Å². The van der Waals surface area contributed by atoms with Crippen LogP contribution in [0.5, 0.6) is 5.75 Å². The summed E-state index contributed by atoms with van der Waals surface area (Å²) >= 11 is 0. The molecule has 0 bridgehead atoms. The Morgan fingerprint density at radius 3 is 2.70 bits per heavy atom. The molecule has 1 aromatic heterocycles. The molecular formula is C19H15F3N2O3. The fraction of sp³-hybridized carbons (Fsp3) is 0.211. The van der Waals surface area contributed by atoms with E-state index >= 15 is 0 Å². The summed E-state index contributed by atoms with van der Waals surface area (Å²) in [5.74, 6) is -0.765. The molecule has 2 heterocycles. The highest BCUT2D eigenvalue weighted by molar-refractivity contribution is 6.10. The van der Waals surface area contributed by atoms with Crippen molar-refractivity contribution in [1.82, 2.24) is 4.57 Å². The third-order valence-corrected chi connectivity index (χ3v) is 4.60. The van der Waals surface area contributed by atoms with Gasteiger partial charge in [-0.2, -0.15) is 8.78 Å². The molecular weight excluding hydrogens is 361 g/mol. The van der Waals surface area contributed by atoms with Crippen LogP contribution in [0.15, 0.2) is 48.7 Å². The largest absolute Gasteiger partial charge is 0.456 e. The van der Waals surface area contributed by atoms with E-state index in [1.165, 1.54) is 17.0 Å². The molecule has 8 heteroatoms. The van der Waals surface area contributed by atoms with Gasteiger partial charge in [-0.3, -0.25) is 4.79 Å². The quantitative estimate of drug-likeness (QED) is 0.757. The monoisotopic (exact) mass is 376 g/mol. The summed E-state index contributed by atoms with van der Waals surface area (Å²) in [6.45, 7) is 0.287. The van der Waals surface area contributed by atoms with Gasteiger partial charge < -0.3 is 19.3 Å². The molecule has 3 aromatic rings. The predicted octanol–water partition coefficient (Wildman–Crippen LogP) is 3.60. The van der Waals surface area contributed by atoms with Gasteiger partial charge in [-0.1, -0.05) is 6.07 Å². The van der Waals surface area contributed by atoms with Gasteiger partial charge in [0.2, 0.25) is 0 Å². The average molecular weight is 376 g/mol. The van der Waals surface area contributed by atoms with Gasteiger partial charge >= 0.3 is 12.5 Å². The fourth-order valence-corrected chi connectivity index (χ4v) is 3.19. The molecule has 27 heavy (non-hydrogen) atoms. The lowest BCUT2D eigenvalue weighted by molar-refractivity contribution is -0.276. The summed E-state index contributed by atoms with van der Waals surface area (Å²) in [6, 6.07) is 11.4. The van der Waals surface area contributed by atoms with E-state index in [-0.39, 0.29) is 18.0 Å². The van der Waals surface area contributed by atoms with Gasteiger partial charge in [-0.25, -0.2) is 4.39 Å². The normalized spacial score (nSPS) is 15.3. The second kappa shape index (κ2) is 6.02. The minimum Gasteiger partial charge on any atom is -0.429 e. The fourth-order valence-electron chi connectivity index (χ4n) is 3.19. The number of amides is 1. The number of alkyl halides is 3. The average Bonchev–Trinajstić information content (AvgIpc) is 3.15. The first-order chi connectivity index (χ1) is 12.8. The first-order valence-electron chi connectivity index (χ1n) is 8.15. The number of ether oxygens (including phenoxy) is 1. The number of anilines is 1. The smallest absolute Gasteiger partial charge is 0.429 e. The zero-order chi connectivity index (χ0) is 19.3. The van der Waals surface area contributed by atoms with Crippen LogP contribution >= 0.6 is 0 Å². The van der Waals surface area contributed by atoms with Crippen LogP contribution in [0.3, 0.4) is 0 Å². The van der Waals surface area contributed by atoms with Crippen molar-refractivity contribution in [2.24, 2.45) is 7.05 Å². The molecule has 2 aromatic carbocycles. The lowest BCUT2D eigenvalue weighted by atomic mass is 10.1. The Morgan fingerprint density at radius 1 is 1.19 bits per heavy atom. The van der Waals surface area contributed by atoms with Gasteiger partial charge in [0.25, 0.3) is 5.91 Å². The minimum absolute atomic E-state index is 0.199. The molecule has 1 amide bonds. The molecule has 1 unspecified atom stereocenters. The third-order valence-electron chi connectivity index (χ3n) is 4.60. The molecule has 0 fully saturated rings. The second-order valence-electron chi connectivity index (χ2n) is 6.38. The van der Waals surface area contributed by atoms with Crippen molar-refractivity contribution < 1.29 is 27.8 Å². The number of rotatable bonds is 4. The van der Waals surface area contributed by atoms with Gasteiger partial charge in [-0.15, -0.1) is 0 Å². The van der Waals surface area contributed by atoms with E-state index in [2.05, 4.69) is 4.74 Å². The number of halogens is 3. The molecule has 0 saturated carbocycles. The Balaban J connectivity index is 1.63.